The first kappa shape index (κ1) is 16.6. The normalized spacial score (nSPS) is 10.7. The summed E-state index contributed by atoms with van der Waals surface area (Å²) in [6.45, 7) is 0.206. The molecule has 0 atom stereocenters. The van der Waals surface area contributed by atoms with Crippen molar-refractivity contribution in [2.45, 2.75) is 6.54 Å². The van der Waals surface area contributed by atoms with Crippen molar-refractivity contribution >= 4 is 11.9 Å². The highest BCUT2D eigenvalue weighted by molar-refractivity contribution is 6.02. The molecular weight excluding hydrogens is 349 g/mol. The Hall–Kier alpha value is -3.81. The summed E-state index contributed by atoms with van der Waals surface area (Å²) in [5.74, 6) is -0.237. The van der Waals surface area contributed by atoms with Crippen LogP contribution >= 0.6 is 0 Å². The van der Waals surface area contributed by atoms with Crippen LogP contribution in [0.2, 0.25) is 0 Å². The van der Waals surface area contributed by atoms with Gasteiger partial charge < -0.3 is 4.52 Å². The zero-order chi connectivity index (χ0) is 18.6. The Labute approximate surface area is 153 Å². The van der Waals surface area contributed by atoms with Crippen LogP contribution in [0.15, 0.2) is 71.5 Å². The second kappa shape index (κ2) is 7.20. The molecule has 134 valence electrons. The zero-order valence-corrected chi connectivity index (χ0v) is 14.0. The molecule has 0 saturated heterocycles. The first-order valence-corrected chi connectivity index (χ1v) is 8.15. The van der Waals surface area contributed by atoms with E-state index in [1.165, 1.54) is 17.1 Å². The molecule has 27 heavy (non-hydrogen) atoms. The number of nitrogens with zero attached hydrogens (tertiary/aromatic N) is 4. The maximum atomic E-state index is 13.7. The Kier molecular flexibility index (Phi) is 4.44. The fraction of sp³-hybridized carbons (Fsp3) is 0.0526. The summed E-state index contributed by atoms with van der Waals surface area (Å²) in [5, 5.41) is 10.4. The van der Waals surface area contributed by atoms with Crippen molar-refractivity contribution < 1.29 is 13.7 Å². The third-order valence-corrected chi connectivity index (χ3v) is 3.85. The number of benzene rings is 2. The Balaban J connectivity index is 1.44. The molecule has 0 aliphatic rings. The van der Waals surface area contributed by atoms with Gasteiger partial charge in [-0.2, -0.15) is 0 Å². The van der Waals surface area contributed by atoms with E-state index in [0.29, 0.717) is 11.3 Å². The molecule has 4 aromatic rings. The van der Waals surface area contributed by atoms with Crippen LogP contribution in [0.25, 0.3) is 11.3 Å². The molecule has 0 bridgehead atoms. The molecule has 0 fully saturated rings. The van der Waals surface area contributed by atoms with Crippen LogP contribution < -0.4 is 5.32 Å². The maximum absolute atomic E-state index is 13.7. The number of amides is 1. The fourth-order valence-corrected chi connectivity index (χ4v) is 2.52. The van der Waals surface area contributed by atoms with Crippen LogP contribution in [0.4, 0.5) is 10.3 Å². The van der Waals surface area contributed by atoms with Gasteiger partial charge in [0.1, 0.15) is 12.1 Å². The molecule has 0 aliphatic heterocycles. The van der Waals surface area contributed by atoms with Gasteiger partial charge in [-0.25, -0.2) is 14.1 Å². The maximum Gasteiger partial charge on any atom is 0.280 e. The quantitative estimate of drug-likeness (QED) is 0.587. The Morgan fingerprint density at radius 2 is 1.89 bits per heavy atom. The van der Waals surface area contributed by atoms with Gasteiger partial charge in [-0.05, 0) is 6.07 Å². The molecule has 8 heteroatoms. The molecular formula is C19H14FN5O2. The van der Waals surface area contributed by atoms with Crippen molar-refractivity contribution in [2.24, 2.45) is 0 Å². The van der Waals surface area contributed by atoms with E-state index in [1.807, 2.05) is 30.3 Å². The summed E-state index contributed by atoms with van der Waals surface area (Å²) < 4.78 is 20.4. The van der Waals surface area contributed by atoms with Gasteiger partial charge in [-0.1, -0.05) is 53.7 Å². The molecule has 1 amide bonds. The third kappa shape index (κ3) is 3.74. The number of anilines is 1. The number of carbonyl (C=O) groups excluding carboxylic acids is 1. The second-order valence-corrected chi connectivity index (χ2v) is 5.75. The van der Waals surface area contributed by atoms with E-state index in [0.717, 1.165) is 5.56 Å². The minimum atomic E-state index is -0.496. The zero-order valence-electron chi connectivity index (χ0n) is 14.0. The highest BCUT2D eigenvalue weighted by atomic mass is 19.1. The lowest BCUT2D eigenvalue weighted by Crippen LogP contribution is -2.13. The Bertz CT molecular complexity index is 1070. The lowest BCUT2D eigenvalue weighted by molar-refractivity contribution is 0.101. The molecule has 1 N–H and O–H groups in total. The predicted octanol–water partition coefficient (Wildman–Crippen LogP) is 3.37. The van der Waals surface area contributed by atoms with Crippen molar-refractivity contribution in [3.8, 4) is 11.3 Å². The molecule has 2 heterocycles. The summed E-state index contributed by atoms with van der Waals surface area (Å²) in [5.41, 5.74) is 1.40. The average Bonchev–Trinajstić information content (AvgIpc) is 3.34. The van der Waals surface area contributed by atoms with E-state index >= 15 is 0 Å². The largest absolute Gasteiger partial charge is 0.355 e. The molecule has 0 spiro atoms. The molecule has 0 radical (unpaired) electrons. The van der Waals surface area contributed by atoms with Crippen molar-refractivity contribution in [2.75, 3.05) is 5.32 Å². The van der Waals surface area contributed by atoms with E-state index in [9.17, 15) is 9.18 Å². The standard InChI is InChI=1S/C19H14FN5O2/c20-15-9-5-4-8-14(15)11-25-12-21-19(23-25)22-18(26)16-10-17(27-24-16)13-6-2-1-3-7-13/h1-10,12H,11H2,(H,22,23,26). The predicted molar refractivity (Wildman–Crippen MR) is 95.4 cm³/mol. The first-order valence-electron chi connectivity index (χ1n) is 8.15. The minimum absolute atomic E-state index is 0.0978. The monoisotopic (exact) mass is 363 g/mol. The number of aromatic nitrogens is 4. The van der Waals surface area contributed by atoms with Crippen LogP contribution in [-0.4, -0.2) is 25.8 Å². The van der Waals surface area contributed by atoms with E-state index in [-0.39, 0.29) is 24.0 Å². The van der Waals surface area contributed by atoms with Crippen LogP contribution in [0.3, 0.4) is 0 Å². The highest BCUT2D eigenvalue weighted by Gasteiger charge is 2.15. The number of nitrogens with one attached hydrogen (secondary N) is 1. The minimum Gasteiger partial charge on any atom is -0.355 e. The number of hydrogen-bond donors (Lipinski definition) is 1. The number of carbonyl (C=O) groups is 1. The molecule has 2 aromatic carbocycles. The van der Waals surface area contributed by atoms with Crippen molar-refractivity contribution in [3.05, 3.63) is 84.1 Å². The smallest absolute Gasteiger partial charge is 0.280 e. The molecule has 2 aromatic heterocycles. The van der Waals surface area contributed by atoms with E-state index in [1.54, 1.807) is 24.3 Å². The highest BCUT2D eigenvalue weighted by Crippen LogP contribution is 2.20. The second-order valence-electron chi connectivity index (χ2n) is 5.75. The molecule has 4 rings (SSSR count). The van der Waals surface area contributed by atoms with Gasteiger partial charge in [0.15, 0.2) is 11.5 Å². The van der Waals surface area contributed by atoms with E-state index in [4.69, 9.17) is 4.52 Å². The van der Waals surface area contributed by atoms with E-state index in [2.05, 4.69) is 20.6 Å². The summed E-state index contributed by atoms with van der Waals surface area (Å²) in [6.07, 6.45) is 1.42. The summed E-state index contributed by atoms with van der Waals surface area (Å²) in [7, 11) is 0. The van der Waals surface area contributed by atoms with Gasteiger partial charge in [0.05, 0.1) is 6.54 Å². The van der Waals surface area contributed by atoms with Crippen molar-refractivity contribution in [3.63, 3.8) is 0 Å². The Morgan fingerprint density at radius 1 is 1.11 bits per heavy atom. The average molecular weight is 363 g/mol. The van der Waals surface area contributed by atoms with Gasteiger partial charge in [-0.3, -0.25) is 10.1 Å². The van der Waals surface area contributed by atoms with Crippen LogP contribution in [-0.2, 0) is 6.54 Å². The number of halogens is 1. The van der Waals surface area contributed by atoms with Crippen molar-refractivity contribution in [1.82, 2.24) is 19.9 Å². The first-order chi connectivity index (χ1) is 13.2. The SMILES string of the molecule is O=C(Nc1ncn(Cc2ccccc2F)n1)c1cc(-c2ccccc2)on1. The number of rotatable bonds is 5. The van der Waals surface area contributed by atoms with Gasteiger partial charge in [0.2, 0.25) is 5.95 Å². The lowest BCUT2D eigenvalue weighted by atomic mass is 10.1. The van der Waals surface area contributed by atoms with Gasteiger partial charge in [-0.15, -0.1) is 5.10 Å². The van der Waals surface area contributed by atoms with Gasteiger partial charge >= 0.3 is 0 Å². The molecule has 0 saturated carbocycles. The molecule has 0 unspecified atom stereocenters. The van der Waals surface area contributed by atoms with Crippen LogP contribution in [0, 0.1) is 5.82 Å². The lowest BCUT2D eigenvalue weighted by Gasteiger charge is -2.02. The van der Waals surface area contributed by atoms with Crippen LogP contribution in [0.1, 0.15) is 16.1 Å². The summed E-state index contributed by atoms with van der Waals surface area (Å²) in [6, 6.07) is 17.3. The van der Waals surface area contributed by atoms with Crippen molar-refractivity contribution in [1.29, 1.82) is 0 Å². The van der Waals surface area contributed by atoms with Gasteiger partial charge in [0.25, 0.3) is 5.91 Å². The summed E-state index contributed by atoms with van der Waals surface area (Å²) >= 11 is 0. The summed E-state index contributed by atoms with van der Waals surface area (Å²) in [4.78, 5) is 16.3. The van der Waals surface area contributed by atoms with Crippen LogP contribution in [0.5, 0.6) is 0 Å². The van der Waals surface area contributed by atoms with E-state index < -0.39 is 5.91 Å². The Morgan fingerprint density at radius 3 is 2.70 bits per heavy atom. The fourth-order valence-electron chi connectivity index (χ4n) is 2.52. The number of hydrogen-bond acceptors (Lipinski definition) is 5. The third-order valence-electron chi connectivity index (χ3n) is 3.85. The molecule has 0 aliphatic carbocycles. The topological polar surface area (TPSA) is 85.8 Å². The van der Waals surface area contributed by atoms with Gasteiger partial charge in [0, 0.05) is 17.2 Å². The molecule has 7 nitrogen and oxygen atoms in total.